The molecule has 0 spiro atoms. The molecule has 1 aromatic heterocycles. The molecule has 196 valence electrons. The van der Waals surface area contributed by atoms with Gasteiger partial charge in [-0.3, -0.25) is 0 Å². The second-order valence-corrected chi connectivity index (χ2v) is 9.15. The molecule has 0 saturated carbocycles. The van der Waals surface area contributed by atoms with Gasteiger partial charge < -0.3 is 19.4 Å². The number of carbonyl (C=O) groups excluding carboxylic acids is 2. The number of nitrogens with one attached hydrogen (secondary N) is 1. The number of carbonyl (C=O) groups is 2. The third kappa shape index (κ3) is 5.86. The lowest BCUT2D eigenvalue weighted by Crippen LogP contribution is -2.32. The number of methoxy groups -OCH3 is 1. The van der Waals surface area contributed by atoms with Crippen molar-refractivity contribution in [3.8, 4) is 0 Å². The third-order valence-electron chi connectivity index (χ3n) is 6.20. The largest absolute Gasteiger partial charge is 0.466 e. The van der Waals surface area contributed by atoms with Crippen molar-refractivity contribution in [1.82, 2.24) is 14.9 Å². The lowest BCUT2D eigenvalue weighted by molar-refractivity contribution is -0.138. The molecule has 1 aliphatic heterocycles. The van der Waals surface area contributed by atoms with Crippen molar-refractivity contribution in [1.29, 1.82) is 0 Å². The Bertz CT molecular complexity index is 1430. The molecule has 1 atom stereocenters. The van der Waals surface area contributed by atoms with Gasteiger partial charge in [-0.1, -0.05) is 54.1 Å². The van der Waals surface area contributed by atoms with Gasteiger partial charge in [0.2, 0.25) is 0 Å². The molecule has 3 aromatic rings. The van der Waals surface area contributed by atoms with E-state index in [1.54, 1.807) is 38.5 Å². The maximum Gasteiger partial charge on any atom is 0.337 e. The number of aromatic nitrogens is 2. The predicted octanol–water partition coefficient (Wildman–Crippen LogP) is 5.39. The molecule has 0 saturated heterocycles. The van der Waals surface area contributed by atoms with E-state index in [2.05, 4.69) is 10.3 Å². The predicted molar refractivity (Wildman–Crippen MR) is 142 cm³/mol. The molecule has 0 bridgehead atoms. The van der Waals surface area contributed by atoms with E-state index >= 15 is 4.39 Å². The van der Waals surface area contributed by atoms with E-state index < -0.39 is 23.7 Å². The molecule has 9 heteroatoms. The number of imidazole rings is 1. The zero-order chi connectivity index (χ0) is 27.2. The first-order valence-electron chi connectivity index (χ1n) is 11.9. The summed E-state index contributed by atoms with van der Waals surface area (Å²) in [4.78, 5) is 30.0. The summed E-state index contributed by atoms with van der Waals surface area (Å²) in [5.41, 5.74) is 3.26. The highest BCUT2D eigenvalue weighted by molar-refractivity contribution is 6.30. The smallest absolute Gasteiger partial charge is 0.337 e. The highest BCUT2D eigenvalue weighted by Crippen LogP contribution is 2.41. The highest BCUT2D eigenvalue weighted by atomic mass is 35.5. The van der Waals surface area contributed by atoms with Gasteiger partial charge in [0.25, 0.3) is 0 Å². The number of ether oxygens (including phenoxy) is 2. The van der Waals surface area contributed by atoms with Gasteiger partial charge in [-0.05, 0) is 37.1 Å². The molecule has 2 heterocycles. The van der Waals surface area contributed by atoms with Crippen LogP contribution < -0.4 is 5.32 Å². The van der Waals surface area contributed by atoms with Crippen LogP contribution in [0, 0.1) is 5.82 Å². The van der Waals surface area contributed by atoms with E-state index in [4.69, 9.17) is 21.1 Å². The number of halogens is 2. The van der Waals surface area contributed by atoms with Gasteiger partial charge in [0.1, 0.15) is 12.4 Å². The van der Waals surface area contributed by atoms with Gasteiger partial charge in [-0.25, -0.2) is 19.0 Å². The maximum atomic E-state index is 15.1. The summed E-state index contributed by atoms with van der Waals surface area (Å²) in [7, 11) is 1.23. The molecule has 0 fully saturated rings. The minimum absolute atomic E-state index is 0.0204. The van der Waals surface area contributed by atoms with E-state index in [0.29, 0.717) is 11.4 Å². The summed E-state index contributed by atoms with van der Waals surface area (Å²) >= 11 is 6.03. The fourth-order valence-corrected chi connectivity index (χ4v) is 4.59. The second kappa shape index (κ2) is 11.9. The number of nitrogens with zero attached hydrogens (tertiary/aromatic N) is 2. The van der Waals surface area contributed by atoms with Crippen LogP contribution in [0.5, 0.6) is 0 Å². The first-order valence-corrected chi connectivity index (χ1v) is 12.3. The Labute approximate surface area is 225 Å². The molecule has 4 rings (SSSR count). The van der Waals surface area contributed by atoms with Crippen LogP contribution in [0.4, 0.5) is 4.39 Å². The van der Waals surface area contributed by atoms with Crippen LogP contribution in [0.25, 0.3) is 6.08 Å². The Hall–Kier alpha value is -4.17. The van der Waals surface area contributed by atoms with Crippen LogP contribution in [-0.4, -0.2) is 35.2 Å². The van der Waals surface area contributed by atoms with Gasteiger partial charge in [0, 0.05) is 35.9 Å². The zero-order valence-corrected chi connectivity index (χ0v) is 22.0. The number of hydrogen-bond donors (Lipinski definition) is 1. The van der Waals surface area contributed by atoms with E-state index in [0.717, 1.165) is 17.7 Å². The van der Waals surface area contributed by atoms with Gasteiger partial charge >= 0.3 is 11.9 Å². The Morgan fingerprint density at radius 1 is 1.11 bits per heavy atom. The van der Waals surface area contributed by atoms with Crippen LogP contribution in [0.2, 0.25) is 5.02 Å². The minimum Gasteiger partial charge on any atom is -0.466 e. The van der Waals surface area contributed by atoms with Crippen molar-refractivity contribution >= 4 is 29.6 Å². The average Bonchev–Trinajstić information content (AvgIpc) is 3.41. The molecule has 38 heavy (non-hydrogen) atoms. The Morgan fingerprint density at radius 3 is 2.47 bits per heavy atom. The van der Waals surface area contributed by atoms with E-state index in [-0.39, 0.29) is 28.3 Å². The number of dihydropyridines is 1. The van der Waals surface area contributed by atoms with Crippen LogP contribution in [0.3, 0.4) is 0 Å². The molecule has 0 radical (unpaired) electrons. The normalized spacial score (nSPS) is 15.6. The number of hydrogen-bond acceptors (Lipinski definition) is 6. The van der Waals surface area contributed by atoms with Gasteiger partial charge in [-0.15, -0.1) is 0 Å². The molecule has 7 nitrogen and oxygen atoms in total. The van der Waals surface area contributed by atoms with Crippen LogP contribution in [-0.2, 0) is 25.6 Å². The average molecular weight is 536 g/mol. The van der Waals surface area contributed by atoms with Crippen molar-refractivity contribution in [3.63, 3.8) is 0 Å². The van der Waals surface area contributed by atoms with Crippen molar-refractivity contribution in [3.05, 3.63) is 117 Å². The monoisotopic (exact) mass is 535 g/mol. The van der Waals surface area contributed by atoms with Crippen molar-refractivity contribution < 1.29 is 23.5 Å². The highest BCUT2D eigenvalue weighted by Gasteiger charge is 2.39. The molecular weight excluding hydrogens is 509 g/mol. The lowest BCUT2D eigenvalue weighted by Gasteiger charge is -2.30. The zero-order valence-electron chi connectivity index (χ0n) is 21.2. The first-order chi connectivity index (χ1) is 18.3. The summed E-state index contributed by atoms with van der Waals surface area (Å²) in [5, 5.41) is 2.91. The minimum atomic E-state index is -1.05. The quantitative estimate of drug-likeness (QED) is 0.390. The molecule has 0 aliphatic carbocycles. The summed E-state index contributed by atoms with van der Waals surface area (Å²) in [6.07, 6.45) is 8.95. The summed E-state index contributed by atoms with van der Waals surface area (Å²) in [5.74, 6) is -3.14. The maximum absolute atomic E-state index is 15.1. The molecule has 1 aliphatic rings. The van der Waals surface area contributed by atoms with Crippen LogP contribution >= 0.6 is 11.6 Å². The van der Waals surface area contributed by atoms with E-state index in [1.165, 1.54) is 19.2 Å². The third-order valence-corrected chi connectivity index (χ3v) is 6.49. The van der Waals surface area contributed by atoms with Crippen LogP contribution in [0.1, 0.15) is 36.5 Å². The molecule has 1 unspecified atom stereocenters. The number of esters is 2. The van der Waals surface area contributed by atoms with Gasteiger partial charge in [-0.2, -0.15) is 0 Å². The summed E-state index contributed by atoms with van der Waals surface area (Å²) < 4.78 is 27.6. The Kier molecular flexibility index (Phi) is 8.43. The summed E-state index contributed by atoms with van der Waals surface area (Å²) in [6, 6.07) is 12.4. The van der Waals surface area contributed by atoms with Crippen molar-refractivity contribution in [2.24, 2.45) is 0 Å². The molecular formula is C29H27ClFN3O4. The topological polar surface area (TPSA) is 82.5 Å². The standard InChI is InChI=1S/C29H27ClFN3O4/c1-18-24(28(35)37-3)26(22-7-4-8-23(30)27(22)31)25(19(2)33-18)29(36)38-15-5-6-20-9-11-21(12-10-20)16-34-14-13-32-17-34/h4-14,17,26,33H,15-16H2,1-3H3. The SMILES string of the molecule is COC(=O)C1=C(C)NC(C)=C(C(=O)OCC=Cc2ccc(Cn3ccnc3)cc2)C1c1cccc(Cl)c1F. The van der Waals surface area contributed by atoms with E-state index in [1.807, 2.05) is 41.1 Å². The summed E-state index contributed by atoms with van der Waals surface area (Å²) in [6.45, 7) is 4.04. The first kappa shape index (κ1) is 26.9. The molecule has 2 aromatic carbocycles. The fraction of sp³-hybridized carbons (Fsp3) is 0.207. The second-order valence-electron chi connectivity index (χ2n) is 8.75. The Balaban J connectivity index is 1.51. The van der Waals surface area contributed by atoms with Gasteiger partial charge in [0.05, 0.1) is 35.5 Å². The molecule has 0 amide bonds. The van der Waals surface area contributed by atoms with E-state index in [9.17, 15) is 9.59 Å². The van der Waals surface area contributed by atoms with Crippen molar-refractivity contribution in [2.45, 2.75) is 26.3 Å². The van der Waals surface area contributed by atoms with Crippen LogP contribution in [0.15, 0.2) is 89.8 Å². The Morgan fingerprint density at radius 2 is 1.82 bits per heavy atom. The fourth-order valence-electron chi connectivity index (χ4n) is 4.41. The van der Waals surface area contributed by atoms with Gasteiger partial charge in [0.15, 0.2) is 0 Å². The number of rotatable bonds is 8. The van der Waals surface area contributed by atoms with Crippen molar-refractivity contribution in [2.75, 3.05) is 13.7 Å². The number of benzene rings is 2. The molecule has 1 N–H and O–H groups in total. The number of allylic oxidation sites excluding steroid dienone is 2. The lowest BCUT2D eigenvalue weighted by atomic mass is 9.80.